The van der Waals surface area contributed by atoms with Crippen LogP contribution in [0, 0.1) is 0 Å². The zero-order valence-electron chi connectivity index (χ0n) is 20.4. The summed E-state index contributed by atoms with van der Waals surface area (Å²) in [6.45, 7) is 6.47. The molecule has 5 rings (SSSR count). The van der Waals surface area contributed by atoms with Crippen molar-refractivity contribution >= 4 is 0 Å². The summed E-state index contributed by atoms with van der Waals surface area (Å²) in [5.41, 5.74) is 4.55. The van der Waals surface area contributed by atoms with Gasteiger partial charge >= 0.3 is 5.69 Å². The summed E-state index contributed by atoms with van der Waals surface area (Å²) in [6, 6.07) is 9.90. The van der Waals surface area contributed by atoms with E-state index in [1.807, 2.05) is 56.6 Å². The summed E-state index contributed by atoms with van der Waals surface area (Å²) < 4.78 is 4.99. The first kappa shape index (κ1) is 23.3. The summed E-state index contributed by atoms with van der Waals surface area (Å²) in [6.07, 6.45) is 8.20. The number of aromatic nitrogens is 11. The van der Waals surface area contributed by atoms with Crippen molar-refractivity contribution in [1.82, 2.24) is 54.9 Å². The first-order valence-electron chi connectivity index (χ1n) is 11.9. The molecule has 0 fully saturated rings. The van der Waals surface area contributed by atoms with E-state index in [4.69, 9.17) is 0 Å². The minimum Gasteiger partial charge on any atom is -0.291 e. The smallest absolute Gasteiger partial charge is 0.291 e. The van der Waals surface area contributed by atoms with Crippen molar-refractivity contribution in [3.63, 3.8) is 0 Å². The second kappa shape index (κ2) is 10.0. The number of rotatable bonds is 9. The van der Waals surface area contributed by atoms with Crippen LogP contribution in [0.3, 0.4) is 0 Å². The van der Waals surface area contributed by atoms with Gasteiger partial charge in [0.25, 0.3) is 5.95 Å². The van der Waals surface area contributed by atoms with Gasteiger partial charge in [-0.15, -0.1) is 10.2 Å². The molecule has 0 saturated heterocycles. The van der Waals surface area contributed by atoms with Crippen LogP contribution in [0.1, 0.15) is 50.9 Å². The third kappa shape index (κ3) is 4.44. The fourth-order valence-corrected chi connectivity index (χ4v) is 4.17. The second-order valence-corrected chi connectivity index (χ2v) is 8.83. The lowest BCUT2D eigenvalue weighted by atomic mass is 10.00. The Bertz CT molecular complexity index is 1490. The molecule has 0 saturated carbocycles. The summed E-state index contributed by atoms with van der Waals surface area (Å²) in [5.74, 6) is 0.948. The lowest BCUT2D eigenvalue weighted by molar-refractivity contribution is 0.502. The Kier molecular flexibility index (Phi) is 6.48. The highest BCUT2D eigenvalue weighted by Crippen LogP contribution is 2.26. The van der Waals surface area contributed by atoms with Crippen molar-refractivity contribution in [1.29, 1.82) is 0 Å². The molecule has 4 aromatic heterocycles. The van der Waals surface area contributed by atoms with Crippen LogP contribution >= 0.6 is 0 Å². The molecule has 0 aliphatic carbocycles. The molecule has 0 aliphatic rings. The van der Waals surface area contributed by atoms with E-state index in [-0.39, 0.29) is 11.7 Å². The van der Waals surface area contributed by atoms with Crippen LogP contribution in [-0.4, -0.2) is 54.9 Å². The van der Waals surface area contributed by atoms with Gasteiger partial charge in [0, 0.05) is 29.8 Å². The highest BCUT2D eigenvalue weighted by Gasteiger charge is 2.19. The normalized spacial score (nSPS) is 11.4. The van der Waals surface area contributed by atoms with E-state index in [2.05, 4.69) is 48.1 Å². The number of aromatic amines is 1. The van der Waals surface area contributed by atoms with Gasteiger partial charge in [-0.1, -0.05) is 42.7 Å². The molecular formula is C24H27N11O. The van der Waals surface area contributed by atoms with E-state index in [1.165, 1.54) is 0 Å². The molecule has 12 heteroatoms. The fraction of sp³-hybridized carbons (Fsp3) is 0.333. The van der Waals surface area contributed by atoms with Gasteiger partial charge in [-0.2, -0.15) is 5.21 Å². The van der Waals surface area contributed by atoms with Gasteiger partial charge in [-0.3, -0.25) is 9.55 Å². The fourth-order valence-electron chi connectivity index (χ4n) is 4.17. The second-order valence-electron chi connectivity index (χ2n) is 8.83. The largest absolute Gasteiger partial charge is 0.335 e. The molecule has 1 N–H and O–H groups in total. The molecule has 0 unspecified atom stereocenters. The van der Waals surface area contributed by atoms with E-state index >= 15 is 0 Å². The molecule has 0 spiro atoms. The zero-order valence-corrected chi connectivity index (χ0v) is 20.4. The minimum atomic E-state index is -0.180. The summed E-state index contributed by atoms with van der Waals surface area (Å²) in [4.78, 5) is 18.0. The summed E-state index contributed by atoms with van der Waals surface area (Å²) in [5, 5.41) is 26.1. The molecule has 12 nitrogen and oxygen atoms in total. The molecule has 4 heterocycles. The summed E-state index contributed by atoms with van der Waals surface area (Å²) in [7, 11) is 0. The number of H-pyrrole nitrogens is 1. The molecule has 0 atom stereocenters. The number of tetrazole rings is 2. The van der Waals surface area contributed by atoms with E-state index in [0.717, 1.165) is 47.2 Å². The number of unbranched alkanes of at least 4 members (excludes halogenated alkanes) is 1. The maximum Gasteiger partial charge on any atom is 0.335 e. The zero-order chi connectivity index (χ0) is 25.1. The van der Waals surface area contributed by atoms with Gasteiger partial charge < -0.3 is 0 Å². The highest BCUT2D eigenvalue weighted by atomic mass is 16.2. The average Bonchev–Trinajstić information content (AvgIpc) is 3.65. The standard InChI is InChI=1S/C24H27N11O/c1-4-5-6-20-15-34(23-28-31-32-35(23)16(2)3)24(36)33(20)14-19-13-25-12-11-21(19)17-7-9-18(10-8-17)22-26-29-30-27-22/h7-13,15-16H,4-6,14H2,1-3H3,(H,26,27,29,30). The molecular weight excluding hydrogens is 458 g/mol. The van der Waals surface area contributed by atoms with Crippen LogP contribution in [0.15, 0.2) is 53.7 Å². The maximum absolute atomic E-state index is 13.6. The molecule has 0 radical (unpaired) electrons. The van der Waals surface area contributed by atoms with Crippen molar-refractivity contribution < 1.29 is 0 Å². The number of imidazole rings is 1. The first-order chi connectivity index (χ1) is 17.6. The molecule has 5 aromatic rings. The van der Waals surface area contributed by atoms with Crippen molar-refractivity contribution in [2.45, 2.75) is 52.6 Å². The Morgan fingerprint density at radius 2 is 1.86 bits per heavy atom. The Morgan fingerprint density at radius 1 is 1.06 bits per heavy atom. The number of hydrogen-bond donors (Lipinski definition) is 1. The molecule has 0 bridgehead atoms. The Hall–Kier alpha value is -4.48. The average molecular weight is 486 g/mol. The van der Waals surface area contributed by atoms with E-state index in [9.17, 15) is 4.79 Å². The van der Waals surface area contributed by atoms with E-state index < -0.39 is 0 Å². The van der Waals surface area contributed by atoms with Gasteiger partial charge in [0.15, 0.2) is 0 Å². The van der Waals surface area contributed by atoms with Crippen LogP contribution in [0.5, 0.6) is 0 Å². The quantitative estimate of drug-likeness (QED) is 0.336. The Balaban J connectivity index is 1.53. The van der Waals surface area contributed by atoms with Crippen molar-refractivity contribution in [2.75, 3.05) is 0 Å². The molecule has 0 aliphatic heterocycles. The van der Waals surface area contributed by atoms with E-state index in [0.29, 0.717) is 18.3 Å². The van der Waals surface area contributed by atoms with Gasteiger partial charge in [-0.05, 0) is 65.1 Å². The number of benzene rings is 1. The highest BCUT2D eigenvalue weighted by molar-refractivity contribution is 5.69. The van der Waals surface area contributed by atoms with Gasteiger partial charge in [0.2, 0.25) is 5.82 Å². The third-order valence-electron chi connectivity index (χ3n) is 6.06. The monoisotopic (exact) mass is 485 g/mol. The number of nitrogens with zero attached hydrogens (tertiary/aromatic N) is 10. The predicted octanol–water partition coefficient (Wildman–Crippen LogP) is 2.84. The molecule has 0 amide bonds. The SMILES string of the molecule is CCCCc1cn(-c2nnnn2C(C)C)c(=O)n1Cc1cnccc1-c1ccc(-c2nn[nH]n2)cc1. The Labute approximate surface area is 207 Å². The first-order valence-corrected chi connectivity index (χ1v) is 11.9. The van der Waals surface area contributed by atoms with Crippen LogP contribution in [0.2, 0.25) is 0 Å². The molecule has 1 aromatic carbocycles. The third-order valence-corrected chi connectivity index (χ3v) is 6.06. The minimum absolute atomic E-state index is 0.0182. The predicted molar refractivity (Wildman–Crippen MR) is 132 cm³/mol. The lowest BCUT2D eigenvalue weighted by Crippen LogP contribution is -2.27. The molecule has 184 valence electrons. The van der Waals surface area contributed by atoms with Crippen LogP contribution in [-0.2, 0) is 13.0 Å². The maximum atomic E-state index is 13.6. The molecule has 36 heavy (non-hydrogen) atoms. The number of nitrogens with one attached hydrogen (secondary N) is 1. The van der Waals surface area contributed by atoms with Gasteiger partial charge in [0.05, 0.1) is 12.6 Å². The van der Waals surface area contributed by atoms with Crippen LogP contribution in [0.25, 0.3) is 28.5 Å². The van der Waals surface area contributed by atoms with Crippen LogP contribution < -0.4 is 5.69 Å². The Morgan fingerprint density at radius 3 is 2.58 bits per heavy atom. The van der Waals surface area contributed by atoms with Crippen LogP contribution in [0.4, 0.5) is 0 Å². The number of hydrogen-bond acceptors (Lipinski definition) is 8. The summed E-state index contributed by atoms with van der Waals surface area (Å²) >= 11 is 0. The van der Waals surface area contributed by atoms with Gasteiger partial charge in [0.1, 0.15) is 0 Å². The van der Waals surface area contributed by atoms with Crippen molar-refractivity contribution in [3.05, 3.63) is 70.7 Å². The lowest BCUT2D eigenvalue weighted by Gasteiger charge is -2.12. The number of aryl methyl sites for hydroxylation is 1. The van der Waals surface area contributed by atoms with Crippen molar-refractivity contribution in [2.24, 2.45) is 0 Å². The topological polar surface area (TPSA) is 138 Å². The van der Waals surface area contributed by atoms with Crippen molar-refractivity contribution in [3.8, 4) is 28.5 Å². The number of pyridine rings is 1. The van der Waals surface area contributed by atoms with E-state index in [1.54, 1.807) is 20.0 Å². The van der Waals surface area contributed by atoms with Gasteiger partial charge in [-0.25, -0.2) is 14.0 Å².